The summed E-state index contributed by atoms with van der Waals surface area (Å²) in [5, 5.41) is 0. The van der Waals surface area contributed by atoms with E-state index in [4.69, 9.17) is 28.4 Å². The van der Waals surface area contributed by atoms with Crippen LogP contribution in [0.4, 0.5) is 0 Å². The largest absolute Gasteiger partial charge is 0.407 e. The molecule has 0 aromatic heterocycles. The van der Waals surface area contributed by atoms with Crippen LogP contribution in [0.3, 0.4) is 0 Å². The summed E-state index contributed by atoms with van der Waals surface area (Å²) in [6.07, 6.45) is 28.1. The molecular formula is C42H70O8. The molecule has 6 fully saturated rings. The third-order valence-electron chi connectivity index (χ3n) is 13.3. The lowest BCUT2D eigenvalue weighted by atomic mass is 9.61. The van der Waals surface area contributed by atoms with Crippen molar-refractivity contribution < 1.29 is 38.0 Å². The number of hydrogen-bond donors (Lipinski definition) is 0. The molecule has 0 aromatic rings. The van der Waals surface area contributed by atoms with Crippen LogP contribution in [0.1, 0.15) is 194 Å². The van der Waals surface area contributed by atoms with Gasteiger partial charge < -0.3 is 28.4 Å². The fraction of sp³-hybridized carbons (Fsp3) is 0.952. The van der Waals surface area contributed by atoms with Crippen LogP contribution < -0.4 is 0 Å². The van der Waals surface area contributed by atoms with Crippen LogP contribution in [0.25, 0.3) is 0 Å². The Hall–Kier alpha value is -1.22. The van der Waals surface area contributed by atoms with Crippen molar-refractivity contribution in [2.45, 2.75) is 230 Å². The second-order valence-electron chi connectivity index (χ2n) is 16.8. The van der Waals surface area contributed by atoms with Crippen molar-refractivity contribution in [1.29, 1.82) is 0 Å². The molecule has 0 N–H and O–H groups in total. The van der Waals surface area contributed by atoms with Gasteiger partial charge in [-0.2, -0.15) is 0 Å². The summed E-state index contributed by atoms with van der Waals surface area (Å²) in [5.41, 5.74) is 0. The number of rotatable bonds is 14. The van der Waals surface area contributed by atoms with Crippen LogP contribution in [-0.4, -0.2) is 48.3 Å². The lowest BCUT2D eigenvalue weighted by Gasteiger charge is -2.46. The van der Waals surface area contributed by atoms with Gasteiger partial charge in [0.1, 0.15) is 0 Å². The molecule has 6 saturated carbocycles. The Labute approximate surface area is 303 Å². The number of hydrogen-bond acceptors (Lipinski definition) is 8. The summed E-state index contributed by atoms with van der Waals surface area (Å²) in [7, 11) is 0. The van der Waals surface area contributed by atoms with Gasteiger partial charge in [0.2, 0.25) is 0 Å². The van der Waals surface area contributed by atoms with Crippen LogP contribution in [0.2, 0.25) is 0 Å². The fourth-order valence-corrected chi connectivity index (χ4v) is 10.4. The van der Waals surface area contributed by atoms with Gasteiger partial charge in [0.15, 0.2) is 0 Å². The van der Waals surface area contributed by atoms with E-state index in [1.807, 2.05) is 13.8 Å². The lowest BCUT2D eigenvalue weighted by Crippen LogP contribution is -2.53. The van der Waals surface area contributed by atoms with Crippen molar-refractivity contribution >= 4 is 11.9 Å². The molecule has 286 valence electrons. The molecule has 0 aromatic carbocycles. The fourth-order valence-electron chi connectivity index (χ4n) is 10.4. The molecular weight excluding hydrogens is 632 g/mol. The first-order valence-corrected chi connectivity index (χ1v) is 21.6. The molecule has 0 spiro atoms. The van der Waals surface area contributed by atoms with Gasteiger partial charge in [-0.05, 0) is 82.5 Å². The highest BCUT2D eigenvalue weighted by Gasteiger charge is 2.53. The van der Waals surface area contributed by atoms with E-state index in [2.05, 4.69) is 0 Å². The number of carbonyl (C=O) groups is 2. The third kappa shape index (κ3) is 10.0. The van der Waals surface area contributed by atoms with E-state index in [1.54, 1.807) is 0 Å². The van der Waals surface area contributed by atoms with E-state index in [1.165, 1.54) is 32.1 Å². The van der Waals surface area contributed by atoms with Gasteiger partial charge in [-0.3, -0.25) is 9.59 Å². The molecule has 0 bridgehead atoms. The summed E-state index contributed by atoms with van der Waals surface area (Å²) in [6, 6.07) is 0. The Kier molecular flexibility index (Phi) is 14.4. The summed E-state index contributed by atoms with van der Waals surface area (Å²) >= 11 is 0. The zero-order chi connectivity index (χ0) is 34.8. The minimum atomic E-state index is -1.43. The van der Waals surface area contributed by atoms with Crippen molar-refractivity contribution in [2.24, 2.45) is 23.7 Å². The van der Waals surface area contributed by atoms with Gasteiger partial charge in [0.05, 0.1) is 36.3 Å². The van der Waals surface area contributed by atoms with Gasteiger partial charge >= 0.3 is 23.9 Å². The first-order chi connectivity index (χ1) is 24.4. The summed E-state index contributed by atoms with van der Waals surface area (Å²) in [5.74, 6) is -4.30. The molecule has 6 aliphatic carbocycles. The van der Waals surface area contributed by atoms with Crippen molar-refractivity contribution in [3.8, 4) is 0 Å². The maximum Gasteiger partial charge on any atom is 0.329 e. The molecule has 0 radical (unpaired) electrons. The van der Waals surface area contributed by atoms with Crippen molar-refractivity contribution in [1.82, 2.24) is 0 Å². The van der Waals surface area contributed by atoms with Crippen LogP contribution >= 0.6 is 0 Å². The van der Waals surface area contributed by atoms with Crippen LogP contribution in [0, 0.1) is 23.7 Å². The minimum absolute atomic E-state index is 0.00804. The standard InChI is InChI=1S/C42H70O8/c1-3-41(45-32-20-9-5-10-21-32,46-33-22-11-6-12-23-33)49-39(43)37-30-29-31-19-17-18-28-36(31)38(37)40(44)50-42(4-2,47-34-24-13-7-14-25-34)48-35-26-15-8-16-27-35/h31-38H,3-30H2,1-2H3. The lowest BCUT2D eigenvalue weighted by molar-refractivity contribution is -0.399. The Bertz CT molecular complexity index is 998. The molecule has 4 unspecified atom stereocenters. The second-order valence-corrected chi connectivity index (χ2v) is 16.8. The first kappa shape index (κ1) is 38.5. The molecule has 4 atom stereocenters. The zero-order valence-corrected chi connectivity index (χ0v) is 31.7. The van der Waals surface area contributed by atoms with E-state index in [0.29, 0.717) is 25.2 Å². The van der Waals surface area contributed by atoms with E-state index < -0.39 is 23.8 Å². The highest BCUT2D eigenvalue weighted by Crippen LogP contribution is 2.49. The average molecular weight is 703 g/mol. The normalized spacial score (nSPS) is 30.0. The Morgan fingerprint density at radius 3 is 1.20 bits per heavy atom. The number of esters is 2. The molecule has 6 rings (SSSR count). The summed E-state index contributed by atoms with van der Waals surface area (Å²) in [4.78, 5) is 29.5. The third-order valence-corrected chi connectivity index (χ3v) is 13.3. The Morgan fingerprint density at radius 1 is 0.440 bits per heavy atom. The maximum atomic E-state index is 14.8. The second kappa shape index (κ2) is 18.7. The number of ether oxygens (including phenoxy) is 6. The van der Waals surface area contributed by atoms with Gasteiger partial charge in [-0.25, -0.2) is 0 Å². The SMILES string of the molecule is CCC(OC(=O)C1CCC2CCCCC2C1C(=O)OC(CC)(OC1CCCCC1)OC1CCCCC1)(OC1CCCCC1)OC1CCCCC1. The van der Waals surface area contributed by atoms with Crippen molar-refractivity contribution in [3.63, 3.8) is 0 Å². The van der Waals surface area contributed by atoms with E-state index in [9.17, 15) is 9.59 Å². The average Bonchev–Trinajstić information content (AvgIpc) is 3.15. The van der Waals surface area contributed by atoms with Crippen LogP contribution in [0.15, 0.2) is 0 Å². The van der Waals surface area contributed by atoms with E-state index in [-0.39, 0.29) is 42.3 Å². The van der Waals surface area contributed by atoms with Crippen LogP contribution in [-0.2, 0) is 38.0 Å². The van der Waals surface area contributed by atoms with Crippen molar-refractivity contribution in [2.75, 3.05) is 0 Å². The predicted molar refractivity (Wildman–Crippen MR) is 192 cm³/mol. The molecule has 8 heteroatoms. The monoisotopic (exact) mass is 703 g/mol. The highest BCUT2D eigenvalue weighted by molar-refractivity contribution is 5.83. The predicted octanol–water partition coefficient (Wildman–Crippen LogP) is 10.4. The molecule has 0 aliphatic heterocycles. The summed E-state index contributed by atoms with van der Waals surface area (Å²) < 4.78 is 40.2. The summed E-state index contributed by atoms with van der Waals surface area (Å²) in [6.45, 7) is 4.01. The number of fused-ring (bicyclic) bond motifs is 1. The molecule has 6 aliphatic rings. The topological polar surface area (TPSA) is 89.5 Å². The van der Waals surface area contributed by atoms with Gasteiger partial charge in [0.25, 0.3) is 0 Å². The van der Waals surface area contributed by atoms with E-state index >= 15 is 0 Å². The van der Waals surface area contributed by atoms with Gasteiger partial charge in [-0.15, -0.1) is 0 Å². The zero-order valence-electron chi connectivity index (χ0n) is 31.7. The minimum Gasteiger partial charge on any atom is -0.407 e. The molecule has 0 amide bonds. The van der Waals surface area contributed by atoms with Crippen LogP contribution in [0.5, 0.6) is 0 Å². The van der Waals surface area contributed by atoms with Gasteiger partial charge in [0, 0.05) is 12.8 Å². The first-order valence-electron chi connectivity index (χ1n) is 21.6. The highest BCUT2D eigenvalue weighted by atomic mass is 16.9. The van der Waals surface area contributed by atoms with Gasteiger partial charge in [-0.1, -0.05) is 110 Å². The molecule has 50 heavy (non-hydrogen) atoms. The van der Waals surface area contributed by atoms with Crippen molar-refractivity contribution in [3.05, 3.63) is 0 Å². The Morgan fingerprint density at radius 2 is 0.800 bits per heavy atom. The Balaban J connectivity index is 1.25. The maximum absolute atomic E-state index is 14.8. The quantitative estimate of drug-likeness (QED) is 0.131. The number of carbonyl (C=O) groups excluding carboxylic acids is 2. The molecule has 8 nitrogen and oxygen atoms in total. The molecule has 0 heterocycles. The van der Waals surface area contributed by atoms with E-state index in [0.717, 1.165) is 128 Å². The smallest absolute Gasteiger partial charge is 0.329 e. The molecule has 0 saturated heterocycles.